The number of hydrogen-bond acceptors (Lipinski definition) is 3. The van der Waals surface area contributed by atoms with Gasteiger partial charge in [0.25, 0.3) is 0 Å². The fourth-order valence-electron chi connectivity index (χ4n) is 4.08. The maximum absolute atomic E-state index is 14.0. The first-order valence-corrected chi connectivity index (χ1v) is 12.8. The van der Waals surface area contributed by atoms with E-state index < -0.39 is 28.1 Å². The van der Waals surface area contributed by atoms with E-state index in [4.69, 9.17) is 11.6 Å². The lowest BCUT2D eigenvalue weighted by molar-refractivity contribution is -0.133. The molecule has 5 nitrogen and oxygen atoms in total. The normalized spacial score (nSPS) is 19.2. The largest absolute Gasteiger partial charge is 0.478 e. The summed E-state index contributed by atoms with van der Waals surface area (Å²) < 4.78 is 30.1. The zero-order valence-electron chi connectivity index (χ0n) is 17.7. The van der Waals surface area contributed by atoms with Crippen LogP contribution in [0.15, 0.2) is 93.8 Å². The Balaban J connectivity index is 1.97. The highest BCUT2D eigenvalue weighted by Crippen LogP contribution is 2.46. The number of sulfonamides is 1. The Morgan fingerprint density at radius 3 is 2.30 bits per heavy atom. The summed E-state index contributed by atoms with van der Waals surface area (Å²) in [5.74, 6) is -1.15. The van der Waals surface area contributed by atoms with Crippen LogP contribution >= 0.6 is 27.5 Å². The minimum Gasteiger partial charge on any atom is -0.478 e. The molecule has 0 saturated heterocycles. The number of hydrogen-bond donors (Lipinski definition) is 1. The first-order valence-electron chi connectivity index (χ1n) is 10.2. The van der Waals surface area contributed by atoms with Gasteiger partial charge in [-0.05, 0) is 60.9 Å². The molecule has 0 saturated carbocycles. The van der Waals surface area contributed by atoms with Crippen molar-refractivity contribution in [1.29, 1.82) is 0 Å². The molecule has 170 valence electrons. The van der Waals surface area contributed by atoms with Gasteiger partial charge < -0.3 is 5.11 Å². The Kier molecular flexibility index (Phi) is 6.77. The first-order chi connectivity index (χ1) is 15.7. The molecule has 1 N–H and O–H groups in total. The smallest absolute Gasteiger partial charge is 0.333 e. The van der Waals surface area contributed by atoms with Crippen LogP contribution in [0.25, 0.3) is 0 Å². The van der Waals surface area contributed by atoms with E-state index in [1.807, 2.05) is 37.3 Å². The average molecular weight is 547 g/mol. The van der Waals surface area contributed by atoms with Crippen LogP contribution in [0.1, 0.15) is 35.2 Å². The molecule has 3 aromatic carbocycles. The van der Waals surface area contributed by atoms with E-state index in [1.165, 1.54) is 28.6 Å². The Labute approximate surface area is 206 Å². The van der Waals surface area contributed by atoms with Gasteiger partial charge in [0.15, 0.2) is 0 Å². The summed E-state index contributed by atoms with van der Waals surface area (Å²) in [6, 6.07) is 19.0. The molecule has 8 heteroatoms. The molecule has 0 spiro atoms. The van der Waals surface area contributed by atoms with Crippen molar-refractivity contribution < 1.29 is 18.3 Å². The summed E-state index contributed by atoms with van der Waals surface area (Å²) >= 11 is 9.42. The van der Waals surface area contributed by atoms with E-state index in [2.05, 4.69) is 15.9 Å². The van der Waals surface area contributed by atoms with E-state index in [-0.39, 0.29) is 16.9 Å². The van der Waals surface area contributed by atoms with Crippen molar-refractivity contribution in [1.82, 2.24) is 4.31 Å². The number of nitrogens with zero attached hydrogens (tertiary/aromatic N) is 1. The number of carbonyl (C=O) groups is 1. The molecule has 0 aliphatic carbocycles. The molecule has 0 radical (unpaired) electrons. The van der Waals surface area contributed by atoms with Crippen LogP contribution < -0.4 is 0 Å². The Hall–Kier alpha value is -2.45. The van der Waals surface area contributed by atoms with Crippen molar-refractivity contribution in [2.45, 2.75) is 30.3 Å². The molecular formula is C25H21BrClNO4S. The van der Waals surface area contributed by atoms with Gasteiger partial charge in [-0.3, -0.25) is 0 Å². The molecule has 4 rings (SSSR count). The van der Waals surface area contributed by atoms with Gasteiger partial charge in [0, 0.05) is 9.50 Å². The maximum atomic E-state index is 14.0. The molecule has 2 unspecified atom stereocenters. The molecule has 0 amide bonds. The highest BCUT2D eigenvalue weighted by atomic mass is 79.9. The van der Waals surface area contributed by atoms with Crippen LogP contribution in [0.2, 0.25) is 5.02 Å². The third kappa shape index (κ3) is 4.77. The number of rotatable bonds is 5. The molecule has 0 fully saturated rings. The number of carboxylic acid groups (broad SMARTS) is 1. The van der Waals surface area contributed by atoms with Gasteiger partial charge in [0.05, 0.1) is 22.6 Å². The van der Waals surface area contributed by atoms with Gasteiger partial charge in [-0.25, -0.2) is 13.2 Å². The molecule has 1 aliphatic rings. The Morgan fingerprint density at radius 1 is 1.03 bits per heavy atom. The molecule has 1 aliphatic heterocycles. The minimum atomic E-state index is -4.11. The molecule has 1 heterocycles. The highest BCUT2D eigenvalue weighted by Gasteiger charge is 2.44. The monoisotopic (exact) mass is 545 g/mol. The van der Waals surface area contributed by atoms with Gasteiger partial charge in [-0.1, -0.05) is 75.6 Å². The third-order valence-electron chi connectivity index (χ3n) is 5.68. The van der Waals surface area contributed by atoms with Crippen LogP contribution in [0.5, 0.6) is 0 Å². The quantitative estimate of drug-likeness (QED) is 0.408. The number of carboxylic acids is 1. The third-order valence-corrected chi connectivity index (χ3v) is 8.31. The summed E-state index contributed by atoms with van der Waals surface area (Å²) in [5, 5.41) is 10.4. The van der Waals surface area contributed by atoms with Crippen molar-refractivity contribution in [3.63, 3.8) is 0 Å². The summed E-state index contributed by atoms with van der Waals surface area (Å²) in [4.78, 5) is 12.3. The Morgan fingerprint density at radius 2 is 1.70 bits per heavy atom. The SMILES string of the molecule is Cc1ccc(C2CC=C(C(=O)O)C(c3cccc(Br)c3)N2S(=O)(=O)c2ccc(Cl)cc2)cc1. The first kappa shape index (κ1) is 23.7. The molecule has 3 aromatic rings. The van der Waals surface area contributed by atoms with E-state index in [0.29, 0.717) is 10.6 Å². The van der Waals surface area contributed by atoms with Crippen LogP contribution in [-0.2, 0) is 14.8 Å². The van der Waals surface area contributed by atoms with Crippen molar-refractivity contribution in [3.8, 4) is 0 Å². The molecular weight excluding hydrogens is 526 g/mol. The maximum Gasteiger partial charge on any atom is 0.333 e. The minimum absolute atomic E-state index is 0.0222. The van der Waals surface area contributed by atoms with Gasteiger partial charge in [-0.15, -0.1) is 0 Å². The van der Waals surface area contributed by atoms with Crippen LogP contribution in [0, 0.1) is 6.92 Å². The Bertz CT molecular complexity index is 1320. The lowest BCUT2D eigenvalue weighted by atomic mass is 9.89. The summed E-state index contributed by atoms with van der Waals surface area (Å²) in [6.45, 7) is 1.96. The fraction of sp³-hybridized carbons (Fsp3) is 0.160. The molecule has 0 bridgehead atoms. The number of halogens is 2. The van der Waals surface area contributed by atoms with Crippen LogP contribution in [0.4, 0.5) is 0 Å². The van der Waals surface area contributed by atoms with Gasteiger partial charge in [0.1, 0.15) is 0 Å². The average Bonchev–Trinajstić information content (AvgIpc) is 2.79. The predicted molar refractivity (Wildman–Crippen MR) is 132 cm³/mol. The van der Waals surface area contributed by atoms with E-state index >= 15 is 0 Å². The van der Waals surface area contributed by atoms with Crippen molar-refractivity contribution >= 4 is 43.5 Å². The summed E-state index contributed by atoms with van der Waals surface area (Å²) in [7, 11) is -4.11. The summed E-state index contributed by atoms with van der Waals surface area (Å²) in [6.07, 6.45) is 1.87. The number of aliphatic carboxylic acids is 1. The molecule has 2 atom stereocenters. The number of aryl methyl sites for hydroxylation is 1. The van der Waals surface area contributed by atoms with E-state index in [9.17, 15) is 18.3 Å². The number of benzene rings is 3. The predicted octanol–water partition coefficient (Wildman–Crippen LogP) is 6.30. The van der Waals surface area contributed by atoms with E-state index in [0.717, 1.165) is 15.6 Å². The zero-order valence-corrected chi connectivity index (χ0v) is 20.8. The highest BCUT2D eigenvalue weighted by molar-refractivity contribution is 9.10. The van der Waals surface area contributed by atoms with Gasteiger partial charge >= 0.3 is 5.97 Å². The standard InChI is InChI=1S/C25H21BrClNO4S/c1-16-5-7-17(8-6-16)23-14-13-22(25(29)30)24(18-3-2-4-19(26)15-18)28(23)33(31,32)21-11-9-20(27)10-12-21/h2-13,15,23-24H,14H2,1H3,(H,29,30). The van der Waals surface area contributed by atoms with Crippen molar-refractivity contribution in [2.75, 3.05) is 0 Å². The topological polar surface area (TPSA) is 74.7 Å². The lowest BCUT2D eigenvalue weighted by Gasteiger charge is -2.40. The van der Waals surface area contributed by atoms with Gasteiger partial charge in [0.2, 0.25) is 10.0 Å². The molecule has 0 aromatic heterocycles. The van der Waals surface area contributed by atoms with Gasteiger partial charge in [-0.2, -0.15) is 4.31 Å². The molecule has 33 heavy (non-hydrogen) atoms. The lowest BCUT2D eigenvalue weighted by Crippen LogP contribution is -2.42. The second kappa shape index (κ2) is 9.43. The van der Waals surface area contributed by atoms with Crippen LogP contribution in [-0.4, -0.2) is 23.8 Å². The van der Waals surface area contributed by atoms with Crippen LogP contribution in [0.3, 0.4) is 0 Å². The summed E-state index contributed by atoms with van der Waals surface area (Å²) in [5.41, 5.74) is 2.42. The zero-order chi connectivity index (χ0) is 23.8. The second-order valence-corrected chi connectivity index (χ2v) is 11.1. The fourth-order valence-corrected chi connectivity index (χ4v) is 6.41. The van der Waals surface area contributed by atoms with E-state index in [1.54, 1.807) is 24.3 Å². The second-order valence-electron chi connectivity index (χ2n) is 7.87. The van der Waals surface area contributed by atoms with Crippen molar-refractivity contribution in [2.24, 2.45) is 0 Å². The van der Waals surface area contributed by atoms with Crippen molar-refractivity contribution in [3.05, 3.63) is 111 Å².